The van der Waals surface area contributed by atoms with E-state index in [2.05, 4.69) is 0 Å². The Hall–Kier alpha value is -0.170. The minimum Gasteiger partial charge on any atom is -0.180 e. The maximum atomic E-state index is 11.7. The third-order valence-corrected chi connectivity index (χ3v) is 4.04. The third-order valence-electron chi connectivity index (χ3n) is 2.65. The fourth-order valence-corrected chi connectivity index (χ4v) is 3.07. The molecule has 0 aromatic heterocycles. The average molecular weight is 220 g/mol. The van der Waals surface area contributed by atoms with E-state index < -0.39 is 10.3 Å². The highest BCUT2D eigenvalue weighted by Gasteiger charge is 2.29. The van der Waals surface area contributed by atoms with Crippen LogP contribution in [0.3, 0.4) is 0 Å². The van der Waals surface area contributed by atoms with Crippen LogP contribution in [-0.4, -0.2) is 44.0 Å². The van der Waals surface area contributed by atoms with Crippen LogP contribution >= 0.6 is 0 Å². The van der Waals surface area contributed by atoms with E-state index in [1.54, 1.807) is 5.06 Å². The van der Waals surface area contributed by atoms with Crippen LogP contribution in [0.5, 0.6) is 0 Å². The third kappa shape index (κ3) is 2.25. The zero-order valence-corrected chi connectivity index (χ0v) is 9.00. The Bertz CT molecular complexity index is 279. The van der Waals surface area contributed by atoms with E-state index in [9.17, 15) is 8.42 Å². The zero-order valence-electron chi connectivity index (χ0n) is 8.18. The van der Waals surface area contributed by atoms with Gasteiger partial charge < -0.3 is 0 Å². The van der Waals surface area contributed by atoms with Crippen LogP contribution in [0.2, 0.25) is 0 Å². The second-order valence-corrected chi connectivity index (χ2v) is 5.30. The molecule has 2 heterocycles. The number of hydrogen-bond acceptors (Lipinski definition) is 4. The summed E-state index contributed by atoms with van der Waals surface area (Å²) >= 11 is 0. The van der Waals surface area contributed by atoms with E-state index in [4.69, 9.17) is 4.28 Å². The first kappa shape index (κ1) is 10.4. The quantitative estimate of drug-likeness (QED) is 0.689. The summed E-state index contributed by atoms with van der Waals surface area (Å²) in [6.07, 6.45) is 3.94. The molecule has 0 aromatic carbocycles. The Kier molecular flexibility index (Phi) is 3.06. The number of nitrogens with zero attached hydrogens (tertiary/aromatic N) is 2. The predicted octanol–water partition coefficient (Wildman–Crippen LogP) is 0.354. The van der Waals surface area contributed by atoms with Gasteiger partial charge in [-0.15, -0.1) is 0 Å². The van der Waals surface area contributed by atoms with Gasteiger partial charge in [0.05, 0.1) is 0 Å². The molecular weight excluding hydrogens is 204 g/mol. The van der Waals surface area contributed by atoms with Crippen LogP contribution in [0.15, 0.2) is 0 Å². The van der Waals surface area contributed by atoms with E-state index in [0.29, 0.717) is 13.1 Å². The smallest absolute Gasteiger partial charge is 0.180 e. The Morgan fingerprint density at radius 1 is 0.857 bits per heavy atom. The summed E-state index contributed by atoms with van der Waals surface area (Å²) in [5.74, 6) is 0. The molecule has 2 saturated heterocycles. The normalized spacial score (nSPS) is 26.0. The van der Waals surface area contributed by atoms with Gasteiger partial charge in [0.2, 0.25) is 0 Å². The largest absolute Gasteiger partial charge is 0.354 e. The number of hydrogen-bond donors (Lipinski definition) is 0. The standard InChI is InChI=1S/C8H16N2O3S/c11-14(12,10-7-3-4-8-10)13-9-5-1-2-6-9/h1-8H2. The highest BCUT2D eigenvalue weighted by Crippen LogP contribution is 2.17. The summed E-state index contributed by atoms with van der Waals surface area (Å²) in [6.45, 7) is 2.67. The zero-order chi connectivity index (χ0) is 10.0. The van der Waals surface area contributed by atoms with Crippen LogP contribution in [-0.2, 0) is 14.6 Å². The highest BCUT2D eigenvalue weighted by molar-refractivity contribution is 7.84. The average Bonchev–Trinajstić information content (AvgIpc) is 2.71. The van der Waals surface area contributed by atoms with Gasteiger partial charge in [-0.25, -0.2) is 0 Å². The van der Waals surface area contributed by atoms with Crippen molar-refractivity contribution in [1.29, 1.82) is 0 Å². The van der Waals surface area contributed by atoms with Crippen molar-refractivity contribution < 1.29 is 12.7 Å². The first-order valence-electron chi connectivity index (χ1n) is 5.13. The molecule has 0 aliphatic carbocycles. The summed E-state index contributed by atoms with van der Waals surface area (Å²) in [5, 5.41) is 1.55. The van der Waals surface area contributed by atoms with Crippen LogP contribution in [0, 0.1) is 0 Å². The van der Waals surface area contributed by atoms with Crippen molar-refractivity contribution in [1.82, 2.24) is 9.37 Å². The molecule has 14 heavy (non-hydrogen) atoms. The molecule has 0 spiro atoms. The monoisotopic (exact) mass is 220 g/mol. The molecule has 0 saturated carbocycles. The van der Waals surface area contributed by atoms with Gasteiger partial charge in [0.1, 0.15) is 0 Å². The lowest BCUT2D eigenvalue weighted by molar-refractivity contribution is -0.0342. The minimum atomic E-state index is -3.48. The van der Waals surface area contributed by atoms with Gasteiger partial charge in [0.15, 0.2) is 0 Å². The summed E-state index contributed by atoms with van der Waals surface area (Å²) in [5.41, 5.74) is 0. The molecule has 0 amide bonds. The summed E-state index contributed by atoms with van der Waals surface area (Å²) in [4.78, 5) is 0. The molecule has 2 fully saturated rings. The van der Waals surface area contributed by atoms with E-state index in [-0.39, 0.29) is 0 Å². The molecule has 6 heteroatoms. The minimum absolute atomic E-state index is 0.607. The van der Waals surface area contributed by atoms with Gasteiger partial charge in [-0.05, 0) is 25.7 Å². The van der Waals surface area contributed by atoms with Gasteiger partial charge in [0.25, 0.3) is 0 Å². The van der Waals surface area contributed by atoms with Crippen LogP contribution < -0.4 is 0 Å². The molecule has 0 bridgehead atoms. The molecule has 0 unspecified atom stereocenters. The maximum absolute atomic E-state index is 11.7. The lowest BCUT2D eigenvalue weighted by atomic mass is 10.4. The van der Waals surface area contributed by atoms with E-state index in [1.165, 1.54) is 4.31 Å². The molecule has 0 radical (unpaired) electrons. The summed E-state index contributed by atoms with van der Waals surface area (Å²) < 4.78 is 29.7. The Morgan fingerprint density at radius 2 is 1.36 bits per heavy atom. The Labute approximate surface area is 84.8 Å². The van der Waals surface area contributed by atoms with Crippen LogP contribution in [0.25, 0.3) is 0 Å². The second-order valence-electron chi connectivity index (χ2n) is 3.77. The molecule has 82 valence electrons. The van der Waals surface area contributed by atoms with Gasteiger partial charge >= 0.3 is 10.3 Å². The first-order chi connectivity index (χ1) is 6.68. The molecular formula is C8H16N2O3S. The predicted molar refractivity (Wildman–Crippen MR) is 51.6 cm³/mol. The molecule has 2 aliphatic heterocycles. The van der Waals surface area contributed by atoms with Crippen molar-refractivity contribution in [3.8, 4) is 0 Å². The van der Waals surface area contributed by atoms with Crippen molar-refractivity contribution in [3.63, 3.8) is 0 Å². The number of hydroxylamine groups is 2. The SMILES string of the molecule is O=S(=O)(ON1CCCC1)N1CCCC1. The van der Waals surface area contributed by atoms with E-state index in [1.807, 2.05) is 0 Å². The Morgan fingerprint density at radius 3 is 1.93 bits per heavy atom. The molecule has 2 rings (SSSR count). The van der Waals surface area contributed by atoms with Crippen LogP contribution in [0.4, 0.5) is 0 Å². The van der Waals surface area contributed by atoms with Crippen molar-refractivity contribution >= 4 is 10.3 Å². The highest BCUT2D eigenvalue weighted by atomic mass is 32.2. The van der Waals surface area contributed by atoms with Gasteiger partial charge in [0, 0.05) is 26.2 Å². The molecule has 0 N–H and O–H groups in total. The van der Waals surface area contributed by atoms with Crippen molar-refractivity contribution in [2.24, 2.45) is 0 Å². The molecule has 2 aliphatic rings. The van der Waals surface area contributed by atoms with Gasteiger partial charge in [-0.3, -0.25) is 0 Å². The molecule has 0 aromatic rings. The topological polar surface area (TPSA) is 49.9 Å². The lowest BCUT2D eigenvalue weighted by Gasteiger charge is -2.19. The van der Waals surface area contributed by atoms with Gasteiger partial charge in [-0.2, -0.15) is 22.1 Å². The van der Waals surface area contributed by atoms with Crippen molar-refractivity contribution in [2.45, 2.75) is 25.7 Å². The van der Waals surface area contributed by atoms with Crippen molar-refractivity contribution in [2.75, 3.05) is 26.2 Å². The lowest BCUT2D eigenvalue weighted by Crippen LogP contribution is -2.35. The maximum Gasteiger partial charge on any atom is 0.354 e. The molecule has 5 nitrogen and oxygen atoms in total. The van der Waals surface area contributed by atoms with E-state index in [0.717, 1.165) is 38.8 Å². The van der Waals surface area contributed by atoms with Gasteiger partial charge in [-0.1, -0.05) is 0 Å². The first-order valence-corrected chi connectivity index (χ1v) is 6.50. The van der Waals surface area contributed by atoms with E-state index >= 15 is 0 Å². The summed E-state index contributed by atoms with van der Waals surface area (Å²) in [6, 6.07) is 0. The Balaban J connectivity index is 1.93. The second kappa shape index (κ2) is 4.14. The fourth-order valence-electron chi connectivity index (χ4n) is 1.85. The fraction of sp³-hybridized carbons (Fsp3) is 1.00. The number of rotatable bonds is 3. The van der Waals surface area contributed by atoms with Crippen LogP contribution in [0.1, 0.15) is 25.7 Å². The van der Waals surface area contributed by atoms with Crippen molar-refractivity contribution in [3.05, 3.63) is 0 Å². The molecule has 0 atom stereocenters. The summed E-state index contributed by atoms with van der Waals surface area (Å²) in [7, 11) is -3.48.